The Labute approximate surface area is 184 Å². The molecule has 0 unspecified atom stereocenters. The average molecular weight is 492 g/mol. The molecular formula is C19H18BrN5O4S. The first-order chi connectivity index (χ1) is 14.2. The number of furan rings is 1. The Morgan fingerprint density at radius 1 is 1.23 bits per heavy atom. The van der Waals surface area contributed by atoms with Gasteiger partial charge in [-0.1, -0.05) is 23.9 Å². The summed E-state index contributed by atoms with van der Waals surface area (Å²) in [6, 6.07) is 8.62. The molecule has 5 N–H and O–H groups in total. The van der Waals surface area contributed by atoms with Gasteiger partial charge in [-0.15, -0.1) is 0 Å². The molecule has 0 bridgehead atoms. The molecule has 0 spiro atoms. The van der Waals surface area contributed by atoms with Crippen LogP contribution in [0, 0.1) is 13.8 Å². The molecule has 0 saturated heterocycles. The second-order valence-electron chi connectivity index (χ2n) is 6.27. The van der Waals surface area contributed by atoms with Crippen molar-refractivity contribution >= 4 is 56.7 Å². The second kappa shape index (κ2) is 9.18. The molecule has 2 amide bonds. The van der Waals surface area contributed by atoms with E-state index in [2.05, 4.69) is 36.5 Å². The lowest BCUT2D eigenvalue weighted by Crippen LogP contribution is -2.23. The number of thioether (sulfide) groups is 1. The number of nitrogens with two attached hydrogens (primary N) is 1. The number of hydrogen-bond acceptors (Lipinski definition) is 7. The quantitative estimate of drug-likeness (QED) is 0.305. The molecule has 0 aliphatic heterocycles. The number of aromatic amines is 1. The van der Waals surface area contributed by atoms with E-state index in [1.54, 1.807) is 6.07 Å². The summed E-state index contributed by atoms with van der Waals surface area (Å²) in [6.07, 6.45) is 0. The van der Waals surface area contributed by atoms with E-state index in [1.807, 2.05) is 32.0 Å². The smallest absolute Gasteiger partial charge is 0.291 e. The number of hydrogen-bond donors (Lipinski definition) is 4. The highest BCUT2D eigenvalue weighted by atomic mass is 79.9. The molecule has 3 aromatic rings. The fraction of sp³-hybridized carbons (Fsp3) is 0.158. The summed E-state index contributed by atoms with van der Waals surface area (Å²) in [5.74, 6) is -1.05. The molecular weight excluding hydrogens is 474 g/mol. The van der Waals surface area contributed by atoms with Crippen LogP contribution >= 0.6 is 27.7 Å². The fourth-order valence-electron chi connectivity index (χ4n) is 2.48. The Morgan fingerprint density at radius 2 is 2.00 bits per heavy atom. The van der Waals surface area contributed by atoms with Gasteiger partial charge in [0.1, 0.15) is 0 Å². The zero-order chi connectivity index (χ0) is 21.8. The number of nitrogens with one attached hydrogen (secondary N) is 3. The maximum atomic E-state index is 12.3. The first-order valence-corrected chi connectivity index (χ1v) is 10.5. The van der Waals surface area contributed by atoms with Crippen molar-refractivity contribution in [2.75, 3.05) is 22.1 Å². The highest BCUT2D eigenvalue weighted by molar-refractivity contribution is 9.10. The number of nitrogens with zero attached hydrogens (tertiary/aromatic N) is 1. The zero-order valence-corrected chi connectivity index (χ0v) is 18.4. The predicted octanol–water partition coefficient (Wildman–Crippen LogP) is 3.31. The number of aryl methyl sites for hydroxylation is 1. The van der Waals surface area contributed by atoms with E-state index in [9.17, 15) is 14.4 Å². The Morgan fingerprint density at radius 3 is 2.67 bits per heavy atom. The van der Waals surface area contributed by atoms with Gasteiger partial charge in [-0.2, -0.15) is 0 Å². The van der Waals surface area contributed by atoms with E-state index in [1.165, 1.54) is 6.07 Å². The largest absolute Gasteiger partial charge is 0.444 e. The van der Waals surface area contributed by atoms with Crippen LogP contribution < -0.4 is 21.9 Å². The van der Waals surface area contributed by atoms with E-state index in [0.29, 0.717) is 4.67 Å². The lowest BCUT2D eigenvalue weighted by Gasteiger charge is -2.10. The minimum absolute atomic E-state index is 0.00207. The minimum Gasteiger partial charge on any atom is -0.444 e. The topological polar surface area (TPSA) is 143 Å². The number of halogens is 1. The molecule has 2 heterocycles. The van der Waals surface area contributed by atoms with Gasteiger partial charge >= 0.3 is 0 Å². The van der Waals surface area contributed by atoms with E-state index < -0.39 is 11.5 Å². The molecule has 9 nitrogen and oxygen atoms in total. The first kappa shape index (κ1) is 21.7. The van der Waals surface area contributed by atoms with E-state index in [-0.39, 0.29) is 34.1 Å². The predicted molar refractivity (Wildman–Crippen MR) is 119 cm³/mol. The van der Waals surface area contributed by atoms with Crippen molar-refractivity contribution in [3.63, 3.8) is 0 Å². The van der Waals surface area contributed by atoms with Crippen LogP contribution in [0.15, 0.2) is 49.4 Å². The molecule has 11 heteroatoms. The highest BCUT2D eigenvalue weighted by Crippen LogP contribution is 2.21. The lowest BCUT2D eigenvalue weighted by molar-refractivity contribution is -0.113. The molecule has 0 aliphatic rings. The van der Waals surface area contributed by atoms with Gasteiger partial charge in [-0.25, -0.2) is 4.98 Å². The number of carbonyl (C=O) groups excluding carboxylic acids is 2. The second-order valence-corrected chi connectivity index (χ2v) is 8.02. The number of carbonyl (C=O) groups is 2. The molecule has 2 aromatic heterocycles. The Bertz CT molecular complexity index is 1170. The van der Waals surface area contributed by atoms with Gasteiger partial charge in [0.2, 0.25) is 5.91 Å². The van der Waals surface area contributed by atoms with Crippen LogP contribution in [0.1, 0.15) is 21.7 Å². The Kier molecular flexibility index (Phi) is 6.63. The van der Waals surface area contributed by atoms with Crippen LogP contribution in [0.3, 0.4) is 0 Å². The first-order valence-electron chi connectivity index (χ1n) is 8.70. The van der Waals surface area contributed by atoms with Crippen LogP contribution in [-0.2, 0) is 4.79 Å². The Hall–Kier alpha value is -3.05. The fourth-order valence-corrected chi connectivity index (χ4v) is 3.45. The lowest BCUT2D eigenvalue weighted by atomic mass is 10.1. The minimum atomic E-state index is -0.645. The standard InChI is InChI=1S/C19H18BrN5O4S/c1-9-4-3-5-11(10(9)2)22-14(26)8-30-19-24-16(21)15(18(28)25-19)23-17(27)12-6-7-13(20)29-12/h3-7H,8H2,1-2H3,(H,22,26)(H,23,27)(H3,21,24,25,28). The summed E-state index contributed by atoms with van der Waals surface area (Å²) in [6.45, 7) is 3.88. The van der Waals surface area contributed by atoms with Crippen LogP contribution in [0.4, 0.5) is 17.2 Å². The van der Waals surface area contributed by atoms with E-state index in [4.69, 9.17) is 10.2 Å². The number of rotatable bonds is 6. The zero-order valence-electron chi connectivity index (χ0n) is 16.0. The van der Waals surface area contributed by atoms with Crippen molar-refractivity contribution in [2.24, 2.45) is 0 Å². The van der Waals surface area contributed by atoms with Gasteiger partial charge in [0.25, 0.3) is 11.5 Å². The number of amides is 2. The van der Waals surface area contributed by atoms with Crippen LogP contribution in [-0.4, -0.2) is 27.5 Å². The number of anilines is 3. The summed E-state index contributed by atoms with van der Waals surface area (Å²) >= 11 is 4.11. The molecule has 0 aliphatic carbocycles. The highest BCUT2D eigenvalue weighted by Gasteiger charge is 2.17. The normalized spacial score (nSPS) is 10.6. The van der Waals surface area contributed by atoms with Gasteiger partial charge in [-0.05, 0) is 59.1 Å². The molecule has 3 rings (SSSR count). The molecule has 0 fully saturated rings. The van der Waals surface area contributed by atoms with Crippen molar-refractivity contribution < 1.29 is 14.0 Å². The number of aromatic nitrogens is 2. The molecule has 0 saturated carbocycles. The molecule has 1 aromatic carbocycles. The van der Waals surface area contributed by atoms with E-state index >= 15 is 0 Å². The molecule has 0 atom stereocenters. The SMILES string of the molecule is Cc1cccc(NC(=O)CSc2nc(N)c(NC(=O)c3ccc(Br)o3)c(=O)[nH]2)c1C. The number of benzene rings is 1. The van der Waals surface area contributed by atoms with Crippen molar-refractivity contribution in [3.8, 4) is 0 Å². The third kappa shape index (κ3) is 5.10. The van der Waals surface area contributed by atoms with Gasteiger partial charge in [0.15, 0.2) is 27.1 Å². The van der Waals surface area contributed by atoms with Crippen LogP contribution in [0.2, 0.25) is 0 Å². The average Bonchev–Trinajstić information content (AvgIpc) is 3.13. The van der Waals surface area contributed by atoms with Gasteiger partial charge in [0.05, 0.1) is 5.75 Å². The third-order valence-electron chi connectivity index (χ3n) is 4.18. The van der Waals surface area contributed by atoms with Gasteiger partial charge in [0, 0.05) is 5.69 Å². The van der Waals surface area contributed by atoms with Crippen LogP contribution in [0.5, 0.6) is 0 Å². The molecule has 30 heavy (non-hydrogen) atoms. The summed E-state index contributed by atoms with van der Waals surface area (Å²) in [5.41, 5.74) is 7.76. The van der Waals surface area contributed by atoms with Crippen molar-refractivity contribution in [2.45, 2.75) is 19.0 Å². The van der Waals surface area contributed by atoms with Gasteiger partial charge < -0.3 is 20.8 Å². The molecule has 0 radical (unpaired) electrons. The van der Waals surface area contributed by atoms with Crippen molar-refractivity contribution in [1.82, 2.24) is 9.97 Å². The summed E-state index contributed by atoms with van der Waals surface area (Å²) in [4.78, 5) is 43.2. The number of H-pyrrole nitrogens is 1. The van der Waals surface area contributed by atoms with Gasteiger partial charge in [-0.3, -0.25) is 19.4 Å². The van der Waals surface area contributed by atoms with Crippen LogP contribution in [0.25, 0.3) is 0 Å². The maximum Gasteiger partial charge on any atom is 0.291 e. The van der Waals surface area contributed by atoms with Crippen molar-refractivity contribution in [1.29, 1.82) is 0 Å². The summed E-state index contributed by atoms with van der Waals surface area (Å²) < 4.78 is 5.51. The maximum absolute atomic E-state index is 12.3. The Balaban J connectivity index is 1.65. The van der Waals surface area contributed by atoms with E-state index in [0.717, 1.165) is 28.6 Å². The summed E-state index contributed by atoms with van der Waals surface area (Å²) in [5, 5.41) is 5.36. The summed E-state index contributed by atoms with van der Waals surface area (Å²) in [7, 11) is 0. The van der Waals surface area contributed by atoms with Crippen molar-refractivity contribution in [3.05, 3.63) is 62.2 Å². The monoisotopic (exact) mass is 491 g/mol. The third-order valence-corrected chi connectivity index (χ3v) is 5.48. The molecule has 156 valence electrons. The number of nitrogen functional groups attached to an aromatic ring is 1.